The summed E-state index contributed by atoms with van der Waals surface area (Å²) in [7, 11) is 4.54. The summed E-state index contributed by atoms with van der Waals surface area (Å²) in [4.78, 5) is 0. The minimum atomic E-state index is 0. The van der Waals surface area contributed by atoms with Crippen molar-refractivity contribution in [1.29, 1.82) is 0 Å². The first-order valence-corrected chi connectivity index (χ1v) is 9.70. The molecular formula is C19H43BrN2. The minimum Gasteiger partial charge on any atom is -1.00 e. The van der Waals surface area contributed by atoms with Crippen molar-refractivity contribution in [1.82, 2.24) is 5.43 Å². The van der Waals surface area contributed by atoms with E-state index in [0.29, 0.717) is 0 Å². The van der Waals surface area contributed by atoms with Crippen LogP contribution in [0.15, 0.2) is 0 Å². The van der Waals surface area contributed by atoms with Gasteiger partial charge in [0.2, 0.25) is 0 Å². The van der Waals surface area contributed by atoms with Crippen LogP contribution in [0.1, 0.15) is 97.3 Å². The maximum atomic E-state index is 3.63. The van der Waals surface area contributed by atoms with Crippen LogP contribution in [0.3, 0.4) is 0 Å². The van der Waals surface area contributed by atoms with Gasteiger partial charge in [-0.2, -0.15) is 5.43 Å². The van der Waals surface area contributed by atoms with Crippen molar-refractivity contribution in [3.8, 4) is 0 Å². The summed E-state index contributed by atoms with van der Waals surface area (Å²) in [5.74, 6) is 0. The highest BCUT2D eigenvalue weighted by Gasteiger charge is 2.11. The quantitative estimate of drug-likeness (QED) is 0.247. The Morgan fingerprint density at radius 3 is 1.41 bits per heavy atom. The fourth-order valence-corrected chi connectivity index (χ4v) is 2.99. The molecule has 0 bridgehead atoms. The Morgan fingerprint density at radius 2 is 1.00 bits per heavy atom. The normalized spacial score (nSPS) is 11.5. The van der Waals surface area contributed by atoms with Gasteiger partial charge in [-0.05, 0) is 12.8 Å². The van der Waals surface area contributed by atoms with Gasteiger partial charge in [-0.3, -0.25) is 4.59 Å². The molecule has 1 N–H and O–H groups in total. The van der Waals surface area contributed by atoms with Crippen LogP contribution in [0.2, 0.25) is 0 Å². The number of hydrogen-bond acceptors (Lipinski definition) is 1. The van der Waals surface area contributed by atoms with E-state index in [4.69, 9.17) is 0 Å². The SMILES string of the molecule is CCCCCCCCCCCCCCN[N+](C)(C)CCC.[Br-]. The van der Waals surface area contributed by atoms with Gasteiger partial charge in [0.1, 0.15) is 0 Å². The lowest BCUT2D eigenvalue weighted by molar-refractivity contribution is -0.934. The van der Waals surface area contributed by atoms with Crippen molar-refractivity contribution in [3.05, 3.63) is 0 Å². The molecule has 0 heterocycles. The van der Waals surface area contributed by atoms with E-state index in [0.717, 1.165) is 4.59 Å². The summed E-state index contributed by atoms with van der Waals surface area (Å²) in [6.45, 7) is 6.94. The fraction of sp³-hybridized carbons (Fsp3) is 1.00. The molecule has 3 heteroatoms. The molecule has 0 atom stereocenters. The van der Waals surface area contributed by atoms with Gasteiger partial charge in [-0.1, -0.05) is 84.5 Å². The van der Waals surface area contributed by atoms with E-state index in [1.165, 1.54) is 96.6 Å². The first-order valence-electron chi connectivity index (χ1n) is 9.70. The van der Waals surface area contributed by atoms with Crippen LogP contribution in [-0.2, 0) is 0 Å². The Bertz CT molecular complexity index is 208. The lowest BCUT2D eigenvalue weighted by atomic mass is 10.1. The van der Waals surface area contributed by atoms with E-state index in [-0.39, 0.29) is 17.0 Å². The lowest BCUT2D eigenvalue weighted by Crippen LogP contribution is -3.00. The molecule has 0 aromatic heterocycles. The van der Waals surface area contributed by atoms with Crippen LogP contribution in [0.25, 0.3) is 0 Å². The molecule has 0 saturated carbocycles. The standard InChI is InChI=1S/C19H43N2.BrH/c1-5-7-8-9-10-11-12-13-14-15-16-17-18-20-21(3,4)19-6-2;/h20H,5-19H2,1-4H3;1H/q+1;/p-1. The molecule has 0 amide bonds. The minimum absolute atomic E-state index is 0. The van der Waals surface area contributed by atoms with Crippen molar-refractivity contribution in [2.24, 2.45) is 0 Å². The second-order valence-electron chi connectivity index (χ2n) is 7.21. The van der Waals surface area contributed by atoms with Crippen LogP contribution >= 0.6 is 0 Å². The zero-order valence-corrected chi connectivity index (χ0v) is 17.5. The average Bonchev–Trinajstić information content (AvgIpc) is 2.44. The third-order valence-corrected chi connectivity index (χ3v) is 4.35. The number of hydrogen-bond donors (Lipinski definition) is 1. The van der Waals surface area contributed by atoms with E-state index >= 15 is 0 Å². The van der Waals surface area contributed by atoms with Gasteiger partial charge in [0.05, 0.1) is 20.6 Å². The predicted molar refractivity (Wildman–Crippen MR) is 96.3 cm³/mol. The zero-order chi connectivity index (χ0) is 15.8. The van der Waals surface area contributed by atoms with E-state index in [2.05, 4.69) is 33.4 Å². The molecule has 0 rings (SSSR count). The van der Waals surface area contributed by atoms with Crippen LogP contribution in [0, 0.1) is 0 Å². The lowest BCUT2D eigenvalue weighted by Gasteiger charge is -2.29. The molecule has 0 aliphatic rings. The summed E-state index contributed by atoms with van der Waals surface area (Å²) in [5, 5.41) is 0. The summed E-state index contributed by atoms with van der Waals surface area (Å²) in [6.07, 6.45) is 18.4. The van der Waals surface area contributed by atoms with Gasteiger partial charge < -0.3 is 17.0 Å². The molecule has 0 saturated heterocycles. The van der Waals surface area contributed by atoms with Crippen molar-refractivity contribution in [2.75, 3.05) is 27.2 Å². The summed E-state index contributed by atoms with van der Waals surface area (Å²) >= 11 is 0. The molecule has 2 nitrogen and oxygen atoms in total. The summed E-state index contributed by atoms with van der Waals surface area (Å²) in [5.41, 5.74) is 3.63. The highest BCUT2D eigenvalue weighted by Crippen LogP contribution is 2.11. The van der Waals surface area contributed by atoms with Gasteiger partial charge in [0.15, 0.2) is 0 Å². The molecule has 0 spiro atoms. The molecule has 0 radical (unpaired) electrons. The zero-order valence-electron chi connectivity index (χ0n) is 15.9. The number of nitrogens with one attached hydrogen (secondary N) is 1. The van der Waals surface area contributed by atoms with E-state index in [9.17, 15) is 0 Å². The summed E-state index contributed by atoms with van der Waals surface area (Å²) in [6, 6.07) is 0. The molecule has 22 heavy (non-hydrogen) atoms. The van der Waals surface area contributed by atoms with Gasteiger partial charge in [-0.25, -0.2) is 0 Å². The number of unbranched alkanes of at least 4 members (excludes halogenated alkanes) is 11. The number of nitrogens with zero attached hydrogens (tertiary/aromatic N) is 1. The van der Waals surface area contributed by atoms with E-state index in [1.54, 1.807) is 0 Å². The van der Waals surface area contributed by atoms with Crippen molar-refractivity contribution >= 4 is 0 Å². The van der Waals surface area contributed by atoms with Crippen molar-refractivity contribution in [3.63, 3.8) is 0 Å². The highest BCUT2D eigenvalue weighted by atomic mass is 79.9. The van der Waals surface area contributed by atoms with Gasteiger partial charge in [-0.15, -0.1) is 0 Å². The predicted octanol–water partition coefficient (Wildman–Crippen LogP) is 2.68. The van der Waals surface area contributed by atoms with E-state index < -0.39 is 0 Å². The number of quaternary nitrogens is 1. The maximum absolute atomic E-state index is 3.63. The Labute approximate surface area is 151 Å². The van der Waals surface area contributed by atoms with Gasteiger partial charge >= 0.3 is 0 Å². The first kappa shape index (κ1) is 24.6. The maximum Gasteiger partial charge on any atom is 0.0955 e. The number of rotatable bonds is 16. The molecular weight excluding hydrogens is 336 g/mol. The monoisotopic (exact) mass is 378 g/mol. The van der Waals surface area contributed by atoms with Crippen LogP contribution in [0.5, 0.6) is 0 Å². The first-order chi connectivity index (χ1) is 10.1. The van der Waals surface area contributed by atoms with E-state index in [1.807, 2.05) is 0 Å². The Morgan fingerprint density at radius 1 is 0.591 bits per heavy atom. The molecule has 136 valence electrons. The van der Waals surface area contributed by atoms with Crippen LogP contribution in [-0.4, -0.2) is 31.8 Å². The third kappa shape index (κ3) is 18.4. The molecule has 0 aromatic rings. The molecule has 0 aromatic carbocycles. The molecule has 0 fully saturated rings. The largest absolute Gasteiger partial charge is 1.00 e. The average molecular weight is 379 g/mol. The number of halogens is 1. The van der Waals surface area contributed by atoms with Crippen LogP contribution in [0.4, 0.5) is 0 Å². The third-order valence-electron chi connectivity index (χ3n) is 4.35. The Kier molecular flexibility index (Phi) is 19.9. The molecule has 0 aliphatic carbocycles. The topological polar surface area (TPSA) is 12.0 Å². The fourth-order valence-electron chi connectivity index (χ4n) is 2.99. The second kappa shape index (κ2) is 17.7. The van der Waals surface area contributed by atoms with Crippen LogP contribution < -0.4 is 22.4 Å². The van der Waals surface area contributed by atoms with Gasteiger partial charge in [0, 0.05) is 6.54 Å². The smallest absolute Gasteiger partial charge is 0.0955 e. The van der Waals surface area contributed by atoms with Crippen molar-refractivity contribution in [2.45, 2.75) is 97.3 Å². The Hall–Kier alpha value is 0.400. The van der Waals surface area contributed by atoms with Crippen molar-refractivity contribution < 1.29 is 21.6 Å². The molecule has 0 aliphatic heterocycles. The summed E-state index contributed by atoms with van der Waals surface area (Å²) < 4.78 is 0.967. The molecule has 0 unspecified atom stereocenters. The Balaban J connectivity index is 0. The highest BCUT2D eigenvalue weighted by molar-refractivity contribution is 4.49. The van der Waals surface area contributed by atoms with Gasteiger partial charge in [0.25, 0.3) is 0 Å². The second-order valence-corrected chi connectivity index (χ2v) is 7.21.